The van der Waals surface area contributed by atoms with Gasteiger partial charge in [0, 0.05) is 32.0 Å². The van der Waals surface area contributed by atoms with E-state index in [-0.39, 0.29) is 31.0 Å². The summed E-state index contributed by atoms with van der Waals surface area (Å²) in [6.07, 6.45) is 11.0. The van der Waals surface area contributed by atoms with Gasteiger partial charge in [0.1, 0.15) is 27.7 Å². The molecule has 0 spiro atoms. The Kier molecular flexibility index (Phi) is 10.7. The van der Waals surface area contributed by atoms with Crippen LogP contribution in [0.1, 0.15) is 91.5 Å². The molecule has 0 unspecified atom stereocenters. The molecule has 1 aliphatic carbocycles. The Hall–Kier alpha value is -3.42. The lowest BCUT2D eigenvalue weighted by molar-refractivity contribution is -0.150. The minimum absolute atomic E-state index is 0.0154. The number of amides is 3. The van der Waals surface area contributed by atoms with Crippen molar-refractivity contribution in [2.24, 2.45) is 5.92 Å². The van der Waals surface area contributed by atoms with Crippen molar-refractivity contribution in [3.8, 4) is 0 Å². The van der Waals surface area contributed by atoms with Gasteiger partial charge in [0.2, 0.25) is 11.8 Å². The lowest BCUT2D eigenvalue weighted by atomic mass is 10.0. The molecule has 5 rings (SSSR count). The van der Waals surface area contributed by atoms with Crippen molar-refractivity contribution in [2.45, 2.75) is 115 Å². The number of rotatable bonds is 5. The molecule has 0 bridgehead atoms. The van der Waals surface area contributed by atoms with Crippen LogP contribution in [0.3, 0.4) is 0 Å². The van der Waals surface area contributed by atoms with E-state index >= 15 is 0 Å². The minimum atomic E-state index is -1.22. The summed E-state index contributed by atoms with van der Waals surface area (Å²) in [5.74, 6) is -1.71. The molecular formula is C33H47BrN6O7. The number of ether oxygens (including phenoxy) is 2. The highest BCUT2D eigenvalue weighted by Crippen LogP contribution is 2.46. The second-order valence-electron chi connectivity index (χ2n) is 13.9. The van der Waals surface area contributed by atoms with E-state index in [1.54, 1.807) is 33.9 Å². The lowest BCUT2D eigenvalue weighted by Crippen LogP contribution is -2.56. The third kappa shape index (κ3) is 7.84. The highest BCUT2D eigenvalue weighted by Gasteiger charge is 2.62. The quantitative estimate of drug-likeness (QED) is 0.344. The largest absolute Gasteiger partial charge is 0.464 e. The third-order valence-corrected chi connectivity index (χ3v) is 10.0. The van der Waals surface area contributed by atoms with Crippen molar-refractivity contribution in [2.75, 3.05) is 31.1 Å². The van der Waals surface area contributed by atoms with E-state index in [1.807, 2.05) is 12.2 Å². The van der Waals surface area contributed by atoms with E-state index in [0.717, 1.165) is 50.9 Å². The van der Waals surface area contributed by atoms with E-state index in [0.29, 0.717) is 23.7 Å². The van der Waals surface area contributed by atoms with Crippen LogP contribution >= 0.6 is 15.9 Å². The summed E-state index contributed by atoms with van der Waals surface area (Å²) in [6.45, 7) is 8.79. The molecule has 0 radical (unpaired) electrons. The molecule has 1 aromatic rings. The maximum Gasteiger partial charge on any atom is 0.408 e. The van der Waals surface area contributed by atoms with Gasteiger partial charge >= 0.3 is 12.1 Å². The molecule has 5 atom stereocenters. The number of aromatic nitrogens is 2. The van der Waals surface area contributed by atoms with Crippen molar-refractivity contribution in [3.05, 3.63) is 33.2 Å². The van der Waals surface area contributed by atoms with Crippen LogP contribution in [-0.2, 0) is 23.9 Å². The Bertz CT molecular complexity index is 1450. The van der Waals surface area contributed by atoms with Gasteiger partial charge in [0.15, 0.2) is 0 Å². The molecule has 2 N–H and O–H groups in total. The molecule has 3 fully saturated rings. The van der Waals surface area contributed by atoms with Gasteiger partial charge in [-0.2, -0.15) is 5.10 Å². The zero-order chi connectivity index (χ0) is 33.9. The summed E-state index contributed by atoms with van der Waals surface area (Å²) in [4.78, 5) is 71.7. The maximum atomic E-state index is 14.3. The summed E-state index contributed by atoms with van der Waals surface area (Å²) in [5.41, 5.74) is -1.63. The maximum absolute atomic E-state index is 14.3. The van der Waals surface area contributed by atoms with Crippen LogP contribution in [0.15, 0.2) is 27.6 Å². The first-order valence-corrected chi connectivity index (χ1v) is 17.6. The first-order chi connectivity index (χ1) is 22.3. The smallest absolute Gasteiger partial charge is 0.408 e. The van der Waals surface area contributed by atoms with Crippen LogP contribution in [-0.4, -0.2) is 88.0 Å². The molecule has 47 heavy (non-hydrogen) atoms. The molecule has 4 aliphatic rings. The van der Waals surface area contributed by atoms with Crippen LogP contribution in [0.4, 0.5) is 10.5 Å². The van der Waals surface area contributed by atoms with Crippen LogP contribution in [0.2, 0.25) is 0 Å². The van der Waals surface area contributed by atoms with Crippen LogP contribution in [0, 0.1) is 5.92 Å². The average molecular weight is 720 g/mol. The number of anilines is 1. The first-order valence-electron chi connectivity index (χ1n) is 16.8. The fourth-order valence-electron chi connectivity index (χ4n) is 6.83. The SMILES string of the molecule is CCOC(=O)[C@@]12C[C@H]1/C=C\CCCCC[C@H](NC(=O)OC(C)(C)C)C(=O)N1C[C@H](n3ncc(N4CCCC4)c(Br)c3=O)C[C@H]1C(=O)N2. The van der Waals surface area contributed by atoms with Crippen LogP contribution in [0.25, 0.3) is 0 Å². The number of nitrogens with zero attached hydrogens (tertiary/aromatic N) is 4. The number of hydrogen-bond acceptors (Lipinski definition) is 9. The van der Waals surface area contributed by atoms with E-state index in [4.69, 9.17) is 9.47 Å². The van der Waals surface area contributed by atoms with Gasteiger partial charge in [0.05, 0.1) is 24.5 Å². The Morgan fingerprint density at radius 1 is 1.13 bits per heavy atom. The van der Waals surface area contributed by atoms with Gasteiger partial charge in [-0.15, -0.1) is 0 Å². The molecule has 13 nitrogen and oxygen atoms in total. The molecule has 3 aliphatic heterocycles. The first kappa shape index (κ1) is 34.9. The standard InChI is InChI=1S/C33H47BrN6O7/c1-5-46-30(44)33-18-21(33)13-9-7-6-8-10-14-23(36-31(45)47-32(2,3)4)28(42)39-20-22(17-24(39)27(41)37-33)40-29(43)26(34)25(19-35-40)38-15-11-12-16-38/h9,13,19,21-24H,5-8,10-12,14-18,20H2,1-4H3,(H,36,45)(H,37,41)/b13-9-/t21-,22-,23+,24+,33-/m1/s1. The topological polar surface area (TPSA) is 152 Å². The average Bonchev–Trinajstić information content (AvgIpc) is 3.33. The van der Waals surface area contributed by atoms with Crippen molar-refractivity contribution < 1.29 is 28.7 Å². The predicted octanol–water partition coefficient (Wildman–Crippen LogP) is 3.60. The van der Waals surface area contributed by atoms with Crippen molar-refractivity contribution >= 4 is 45.5 Å². The van der Waals surface area contributed by atoms with Gasteiger partial charge in [-0.3, -0.25) is 14.4 Å². The zero-order valence-corrected chi connectivity index (χ0v) is 29.3. The Morgan fingerprint density at radius 3 is 2.57 bits per heavy atom. The second-order valence-corrected chi connectivity index (χ2v) is 14.7. The molecule has 4 heterocycles. The van der Waals surface area contributed by atoms with E-state index in [9.17, 15) is 24.0 Å². The molecular weight excluding hydrogens is 672 g/mol. The number of esters is 1. The number of halogens is 1. The summed E-state index contributed by atoms with van der Waals surface area (Å²) >= 11 is 3.49. The molecule has 2 saturated heterocycles. The van der Waals surface area contributed by atoms with Gasteiger partial charge in [-0.1, -0.05) is 25.0 Å². The number of carbonyl (C=O) groups is 4. The summed E-state index contributed by atoms with van der Waals surface area (Å²) in [5, 5.41) is 10.2. The van der Waals surface area contributed by atoms with Gasteiger partial charge in [0.25, 0.3) is 5.56 Å². The summed E-state index contributed by atoms with van der Waals surface area (Å²) in [6, 6.07) is -2.61. The highest BCUT2D eigenvalue weighted by molar-refractivity contribution is 9.10. The normalized spacial score (nSPS) is 29.1. The van der Waals surface area contributed by atoms with Crippen molar-refractivity contribution in [1.82, 2.24) is 25.3 Å². The van der Waals surface area contributed by atoms with E-state index in [2.05, 4.69) is 36.6 Å². The summed E-state index contributed by atoms with van der Waals surface area (Å²) < 4.78 is 12.6. The van der Waals surface area contributed by atoms with Crippen LogP contribution < -0.4 is 21.1 Å². The van der Waals surface area contributed by atoms with Gasteiger partial charge in [-0.25, -0.2) is 14.3 Å². The monoisotopic (exact) mass is 718 g/mol. The highest BCUT2D eigenvalue weighted by atomic mass is 79.9. The number of hydrogen-bond donors (Lipinski definition) is 2. The van der Waals surface area contributed by atoms with Crippen LogP contribution in [0.5, 0.6) is 0 Å². The molecule has 3 amide bonds. The number of alkyl carbamates (subject to hydrolysis) is 1. The Balaban J connectivity index is 1.48. The number of allylic oxidation sites excluding steroid dienone is 1. The Morgan fingerprint density at radius 2 is 1.87 bits per heavy atom. The fourth-order valence-corrected chi connectivity index (χ4v) is 7.36. The number of fused-ring (bicyclic) bond motifs is 2. The third-order valence-electron chi connectivity index (χ3n) is 9.30. The number of carbonyl (C=O) groups excluding carboxylic acids is 4. The van der Waals surface area contributed by atoms with Crippen molar-refractivity contribution in [3.63, 3.8) is 0 Å². The zero-order valence-electron chi connectivity index (χ0n) is 27.8. The molecule has 0 aromatic carbocycles. The fraction of sp³-hybridized carbons (Fsp3) is 0.697. The molecule has 258 valence electrons. The van der Waals surface area contributed by atoms with E-state index in [1.165, 1.54) is 9.58 Å². The molecule has 1 saturated carbocycles. The molecule has 1 aromatic heterocycles. The van der Waals surface area contributed by atoms with Gasteiger partial charge in [-0.05, 0) is 82.1 Å². The summed E-state index contributed by atoms with van der Waals surface area (Å²) in [7, 11) is 0. The second kappa shape index (κ2) is 14.4. The Labute approximate surface area is 283 Å². The minimum Gasteiger partial charge on any atom is -0.464 e. The van der Waals surface area contributed by atoms with Crippen molar-refractivity contribution in [1.29, 1.82) is 0 Å². The molecule has 14 heteroatoms. The van der Waals surface area contributed by atoms with Gasteiger partial charge < -0.3 is 29.9 Å². The predicted molar refractivity (Wildman–Crippen MR) is 178 cm³/mol. The number of nitrogens with one attached hydrogen (secondary N) is 2. The lowest BCUT2D eigenvalue weighted by Gasteiger charge is -2.30. The van der Waals surface area contributed by atoms with E-state index < -0.39 is 53.1 Å².